The number of rotatable bonds is 3. The monoisotopic (exact) mass is 449 g/mol. The third-order valence-electron chi connectivity index (χ3n) is 4.72. The number of aliphatic carboxylic acids is 1. The number of amides is 2. The van der Waals surface area contributed by atoms with Crippen molar-refractivity contribution >= 4 is 34.4 Å². The molecule has 1 saturated heterocycles. The number of carbonyl (C=O) groups excluding carboxylic acids is 2. The highest BCUT2D eigenvalue weighted by Gasteiger charge is 2.38. The summed E-state index contributed by atoms with van der Waals surface area (Å²) in [5.41, 5.74) is 2.26. The molecule has 1 aliphatic rings. The number of carbonyl (C=O) groups is 3. The number of nitrogens with one attached hydrogen (secondary N) is 2. The zero-order valence-electron chi connectivity index (χ0n) is 16.5. The normalized spacial score (nSPS) is 15.7. The predicted octanol–water partition coefficient (Wildman–Crippen LogP) is 2.69. The van der Waals surface area contributed by atoms with Crippen LogP contribution in [0.3, 0.4) is 0 Å². The molecule has 1 unspecified atom stereocenters. The van der Waals surface area contributed by atoms with Crippen molar-refractivity contribution in [2.45, 2.75) is 12.6 Å². The quantitative estimate of drug-likeness (QED) is 0.564. The van der Waals surface area contributed by atoms with Crippen molar-refractivity contribution in [3.05, 3.63) is 54.5 Å². The van der Waals surface area contributed by atoms with Gasteiger partial charge in [-0.05, 0) is 36.8 Å². The van der Waals surface area contributed by atoms with Crippen LogP contribution in [0.1, 0.15) is 16.8 Å². The molecule has 3 N–H and O–H groups in total. The number of halogens is 3. The lowest BCUT2D eigenvalue weighted by Gasteiger charge is -2.16. The van der Waals surface area contributed by atoms with Gasteiger partial charge in [0.05, 0.1) is 17.6 Å². The van der Waals surface area contributed by atoms with Gasteiger partial charge in [0.15, 0.2) is 0 Å². The van der Waals surface area contributed by atoms with Gasteiger partial charge in [0.2, 0.25) is 5.91 Å². The lowest BCUT2D eigenvalue weighted by atomic mass is 10.1. The molecule has 12 heteroatoms. The first kappa shape index (κ1) is 22.7. The van der Waals surface area contributed by atoms with Gasteiger partial charge in [-0.2, -0.15) is 18.3 Å². The second-order valence-corrected chi connectivity index (χ2v) is 6.94. The number of carboxylic acid groups (broad SMARTS) is 1. The van der Waals surface area contributed by atoms with Gasteiger partial charge in [-0.15, -0.1) is 0 Å². The van der Waals surface area contributed by atoms with Crippen LogP contribution in [0.15, 0.2) is 48.9 Å². The number of aromatic nitrogens is 3. The maximum atomic E-state index is 12.5. The van der Waals surface area contributed by atoms with E-state index in [1.54, 1.807) is 35.6 Å². The van der Waals surface area contributed by atoms with Crippen LogP contribution < -0.4 is 5.32 Å². The molecule has 32 heavy (non-hydrogen) atoms. The molecule has 2 aromatic heterocycles. The number of aromatic amines is 1. The zero-order valence-corrected chi connectivity index (χ0v) is 16.5. The molecule has 0 bridgehead atoms. The Labute approximate surface area is 179 Å². The molecule has 1 atom stereocenters. The molecule has 0 radical (unpaired) electrons. The average molecular weight is 449 g/mol. The van der Waals surface area contributed by atoms with E-state index >= 15 is 0 Å². The summed E-state index contributed by atoms with van der Waals surface area (Å²) < 4.78 is 31.7. The molecular weight excluding hydrogens is 431 g/mol. The minimum Gasteiger partial charge on any atom is -0.475 e. The fraction of sp³-hybridized carbons (Fsp3) is 0.250. The molecule has 2 amide bonds. The Bertz CT molecular complexity index is 1120. The van der Waals surface area contributed by atoms with E-state index in [0.29, 0.717) is 25.1 Å². The molecule has 0 spiro atoms. The van der Waals surface area contributed by atoms with Gasteiger partial charge >= 0.3 is 12.1 Å². The molecule has 1 fully saturated rings. The Morgan fingerprint density at radius 1 is 1.16 bits per heavy atom. The van der Waals surface area contributed by atoms with E-state index in [1.165, 1.54) is 0 Å². The largest absolute Gasteiger partial charge is 0.490 e. The van der Waals surface area contributed by atoms with Crippen LogP contribution in [0.4, 0.5) is 18.9 Å². The number of hydrogen-bond donors (Lipinski definition) is 3. The Hall–Kier alpha value is -3.96. The van der Waals surface area contributed by atoms with Crippen molar-refractivity contribution in [2.75, 3.05) is 18.4 Å². The molecule has 1 aromatic carbocycles. The Morgan fingerprint density at radius 3 is 2.50 bits per heavy atom. The summed E-state index contributed by atoms with van der Waals surface area (Å²) in [6.07, 6.45) is 0.491. The number of pyridine rings is 1. The molecule has 168 valence electrons. The van der Waals surface area contributed by atoms with Crippen LogP contribution in [-0.2, 0) is 9.59 Å². The van der Waals surface area contributed by atoms with Crippen molar-refractivity contribution in [1.82, 2.24) is 20.1 Å². The first-order valence-electron chi connectivity index (χ1n) is 9.38. The second-order valence-electron chi connectivity index (χ2n) is 6.94. The van der Waals surface area contributed by atoms with Crippen molar-refractivity contribution in [3.63, 3.8) is 0 Å². The fourth-order valence-electron chi connectivity index (χ4n) is 3.10. The summed E-state index contributed by atoms with van der Waals surface area (Å²) in [6, 6.07) is 8.98. The first-order chi connectivity index (χ1) is 15.1. The molecule has 0 saturated carbocycles. The van der Waals surface area contributed by atoms with Crippen LogP contribution in [-0.4, -0.2) is 62.2 Å². The molecule has 1 aliphatic heterocycles. The summed E-state index contributed by atoms with van der Waals surface area (Å²) in [5.74, 6) is -3.08. The van der Waals surface area contributed by atoms with Crippen molar-refractivity contribution in [3.8, 4) is 0 Å². The third-order valence-corrected chi connectivity index (χ3v) is 4.72. The van der Waals surface area contributed by atoms with E-state index in [1.807, 2.05) is 18.2 Å². The van der Waals surface area contributed by atoms with Gasteiger partial charge in [-0.25, -0.2) is 4.79 Å². The Balaban J connectivity index is 0.000000360. The van der Waals surface area contributed by atoms with Crippen LogP contribution in [0, 0.1) is 5.92 Å². The topological polar surface area (TPSA) is 128 Å². The van der Waals surface area contributed by atoms with Crippen LogP contribution in [0.5, 0.6) is 0 Å². The van der Waals surface area contributed by atoms with E-state index in [4.69, 9.17) is 9.90 Å². The van der Waals surface area contributed by atoms with Gasteiger partial charge in [-0.3, -0.25) is 19.7 Å². The lowest BCUT2D eigenvalue weighted by Crippen LogP contribution is -2.31. The second kappa shape index (κ2) is 9.45. The summed E-state index contributed by atoms with van der Waals surface area (Å²) in [5, 5.41) is 17.9. The molecule has 3 aromatic rings. The van der Waals surface area contributed by atoms with E-state index < -0.39 is 12.1 Å². The molecule has 9 nitrogen and oxygen atoms in total. The molecule has 3 heterocycles. The zero-order chi connectivity index (χ0) is 23.3. The highest BCUT2D eigenvalue weighted by atomic mass is 19.4. The van der Waals surface area contributed by atoms with Gasteiger partial charge < -0.3 is 15.3 Å². The minimum atomic E-state index is -5.08. The highest BCUT2D eigenvalue weighted by molar-refractivity contribution is 5.97. The number of H-pyrrole nitrogens is 1. The van der Waals surface area contributed by atoms with E-state index in [2.05, 4.69) is 20.5 Å². The predicted molar refractivity (Wildman–Crippen MR) is 107 cm³/mol. The summed E-state index contributed by atoms with van der Waals surface area (Å²) >= 11 is 0. The van der Waals surface area contributed by atoms with Gasteiger partial charge in [0.25, 0.3) is 5.91 Å². The van der Waals surface area contributed by atoms with Crippen LogP contribution in [0.25, 0.3) is 10.9 Å². The Morgan fingerprint density at radius 2 is 1.84 bits per heavy atom. The SMILES string of the molecule is O=C(Nc1ccc2[nH]ncc2c1)C1CCN(C(=O)c2ccncc2)C1.O=C(O)C(F)(F)F. The number of fused-ring (bicyclic) bond motifs is 1. The summed E-state index contributed by atoms with van der Waals surface area (Å²) in [6.45, 7) is 1.01. The number of carboxylic acids is 1. The number of hydrogen-bond acceptors (Lipinski definition) is 5. The molecular formula is C20H18F3N5O4. The van der Waals surface area contributed by atoms with Crippen molar-refractivity contribution < 1.29 is 32.7 Å². The number of nitrogens with zero attached hydrogens (tertiary/aromatic N) is 3. The van der Waals surface area contributed by atoms with Gasteiger partial charge in [-0.1, -0.05) is 0 Å². The standard InChI is InChI=1S/C18H17N5O2.C2HF3O2/c24-17(21-15-1-2-16-14(9-15)10-20-22-16)13-5-8-23(11-13)18(25)12-3-6-19-7-4-12;3-2(4,5)1(6)7/h1-4,6-7,9-10,13H,5,8,11H2,(H,20,22)(H,21,24);(H,6,7). The van der Waals surface area contributed by atoms with Crippen LogP contribution >= 0.6 is 0 Å². The minimum absolute atomic E-state index is 0.0579. The third kappa shape index (κ3) is 5.59. The lowest BCUT2D eigenvalue weighted by molar-refractivity contribution is -0.192. The average Bonchev–Trinajstić information content (AvgIpc) is 3.43. The number of likely N-dealkylation sites (tertiary alicyclic amines) is 1. The number of benzene rings is 1. The van der Waals surface area contributed by atoms with E-state index in [0.717, 1.165) is 16.6 Å². The maximum absolute atomic E-state index is 12.5. The summed E-state index contributed by atoms with van der Waals surface area (Å²) in [4.78, 5) is 39.5. The maximum Gasteiger partial charge on any atom is 0.490 e. The van der Waals surface area contributed by atoms with E-state index in [9.17, 15) is 22.8 Å². The summed E-state index contributed by atoms with van der Waals surface area (Å²) in [7, 11) is 0. The molecule has 0 aliphatic carbocycles. The van der Waals surface area contributed by atoms with Crippen molar-refractivity contribution in [2.24, 2.45) is 5.92 Å². The number of alkyl halides is 3. The molecule has 4 rings (SSSR count). The van der Waals surface area contributed by atoms with Crippen LogP contribution in [0.2, 0.25) is 0 Å². The first-order valence-corrected chi connectivity index (χ1v) is 9.38. The Kier molecular flexibility index (Phi) is 6.71. The van der Waals surface area contributed by atoms with Gasteiger partial charge in [0, 0.05) is 42.1 Å². The van der Waals surface area contributed by atoms with Crippen molar-refractivity contribution in [1.29, 1.82) is 0 Å². The van der Waals surface area contributed by atoms with E-state index in [-0.39, 0.29) is 17.7 Å². The highest BCUT2D eigenvalue weighted by Crippen LogP contribution is 2.22. The fourth-order valence-corrected chi connectivity index (χ4v) is 3.10. The smallest absolute Gasteiger partial charge is 0.475 e. The number of anilines is 1. The van der Waals surface area contributed by atoms with Gasteiger partial charge in [0.1, 0.15) is 0 Å².